The topological polar surface area (TPSA) is 26.3 Å². The van der Waals surface area contributed by atoms with Crippen molar-refractivity contribution in [3.05, 3.63) is 35.9 Å². The molecule has 0 unspecified atom stereocenters. The number of rotatable bonds is 8. The van der Waals surface area contributed by atoms with Gasteiger partial charge in [-0.05, 0) is 18.4 Å². The molecule has 0 aliphatic carbocycles. The Kier molecular flexibility index (Phi) is 6.50. The van der Waals surface area contributed by atoms with Crippen molar-refractivity contribution in [2.45, 2.75) is 39.2 Å². The third-order valence-electron chi connectivity index (χ3n) is 2.38. The molecule has 0 atom stereocenters. The standard InChI is InChI=1S/C14H20O2/c1-2-7-14(15)10-6-11-16-12-13-8-4-3-5-9-13/h3-5,8-9H,2,6-7,10-12H2,1H3. The zero-order valence-corrected chi connectivity index (χ0v) is 9.95. The average molecular weight is 220 g/mol. The van der Waals surface area contributed by atoms with Gasteiger partial charge in [-0.3, -0.25) is 4.79 Å². The van der Waals surface area contributed by atoms with Crippen LogP contribution in [0.2, 0.25) is 0 Å². The number of carbonyl (C=O) groups excluding carboxylic acids is 1. The quantitative estimate of drug-likeness (QED) is 0.628. The molecule has 1 rings (SSSR count). The molecule has 0 saturated carbocycles. The number of hydrogen-bond acceptors (Lipinski definition) is 2. The molecule has 0 aliphatic heterocycles. The van der Waals surface area contributed by atoms with Crippen molar-refractivity contribution in [2.24, 2.45) is 0 Å². The Hall–Kier alpha value is -1.15. The highest BCUT2D eigenvalue weighted by molar-refractivity contribution is 5.78. The summed E-state index contributed by atoms with van der Waals surface area (Å²) in [5, 5.41) is 0. The maximum atomic E-state index is 11.2. The summed E-state index contributed by atoms with van der Waals surface area (Å²) in [5.41, 5.74) is 1.18. The first-order valence-electron chi connectivity index (χ1n) is 5.96. The van der Waals surface area contributed by atoms with Crippen LogP contribution in [0, 0.1) is 0 Å². The maximum absolute atomic E-state index is 11.2. The van der Waals surface area contributed by atoms with Gasteiger partial charge in [0.05, 0.1) is 6.61 Å². The lowest BCUT2D eigenvalue weighted by molar-refractivity contribution is -0.119. The van der Waals surface area contributed by atoms with Crippen LogP contribution in [0.5, 0.6) is 0 Å². The van der Waals surface area contributed by atoms with E-state index < -0.39 is 0 Å². The van der Waals surface area contributed by atoms with E-state index in [9.17, 15) is 4.79 Å². The molecule has 0 fully saturated rings. The highest BCUT2D eigenvalue weighted by Crippen LogP contribution is 2.03. The summed E-state index contributed by atoms with van der Waals surface area (Å²) in [6.07, 6.45) is 3.15. The van der Waals surface area contributed by atoms with Crippen LogP contribution < -0.4 is 0 Å². The van der Waals surface area contributed by atoms with Gasteiger partial charge in [-0.25, -0.2) is 0 Å². The van der Waals surface area contributed by atoms with E-state index in [1.165, 1.54) is 5.56 Å². The minimum absolute atomic E-state index is 0.353. The van der Waals surface area contributed by atoms with Gasteiger partial charge in [-0.15, -0.1) is 0 Å². The molecule has 0 radical (unpaired) electrons. The first kappa shape index (κ1) is 12.9. The van der Waals surface area contributed by atoms with E-state index in [1.54, 1.807) is 0 Å². The van der Waals surface area contributed by atoms with Crippen molar-refractivity contribution in [1.29, 1.82) is 0 Å². The highest BCUT2D eigenvalue weighted by Gasteiger charge is 1.99. The van der Waals surface area contributed by atoms with Crippen molar-refractivity contribution in [3.63, 3.8) is 0 Å². The molecule has 0 saturated heterocycles. The maximum Gasteiger partial charge on any atom is 0.132 e. The largest absolute Gasteiger partial charge is 0.377 e. The molecule has 0 spiro atoms. The van der Waals surface area contributed by atoms with Gasteiger partial charge >= 0.3 is 0 Å². The summed E-state index contributed by atoms with van der Waals surface area (Å²) >= 11 is 0. The minimum atomic E-state index is 0.353. The molecule has 0 N–H and O–H groups in total. The molecule has 2 heteroatoms. The number of carbonyl (C=O) groups is 1. The molecule has 1 aromatic rings. The zero-order chi connectivity index (χ0) is 11.6. The van der Waals surface area contributed by atoms with E-state index in [0.717, 1.165) is 12.8 Å². The van der Waals surface area contributed by atoms with Crippen molar-refractivity contribution in [1.82, 2.24) is 0 Å². The summed E-state index contributed by atoms with van der Waals surface area (Å²) in [4.78, 5) is 11.2. The highest BCUT2D eigenvalue weighted by atomic mass is 16.5. The number of hydrogen-bond donors (Lipinski definition) is 0. The Labute approximate surface area is 97.6 Å². The molecule has 0 heterocycles. The van der Waals surface area contributed by atoms with Crippen LogP contribution >= 0.6 is 0 Å². The third-order valence-corrected chi connectivity index (χ3v) is 2.38. The van der Waals surface area contributed by atoms with Crippen LogP contribution in [0.4, 0.5) is 0 Å². The van der Waals surface area contributed by atoms with E-state index >= 15 is 0 Å². The molecule has 0 amide bonds. The van der Waals surface area contributed by atoms with Gasteiger partial charge in [-0.1, -0.05) is 37.3 Å². The Morgan fingerprint density at radius 1 is 1.19 bits per heavy atom. The van der Waals surface area contributed by atoms with Gasteiger partial charge < -0.3 is 4.74 Å². The summed E-state index contributed by atoms with van der Waals surface area (Å²) in [5.74, 6) is 0.353. The Morgan fingerprint density at radius 2 is 1.94 bits per heavy atom. The first-order valence-corrected chi connectivity index (χ1v) is 5.96. The van der Waals surface area contributed by atoms with E-state index in [-0.39, 0.29) is 0 Å². The first-order chi connectivity index (χ1) is 7.83. The normalized spacial score (nSPS) is 10.3. The lowest BCUT2D eigenvalue weighted by Crippen LogP contribution is -2.01. The molecule has 16 heavy (non-hydrogen) atoms. The molecular weight excluding hydrogens is 200 g/mol. The number of Topliss-reactive ketones (excluding diaryl/α,β-unsaturated/α-hetero) is 1. The van der Waals surface area contributed by atoms with Crippen LogP contribution in [0.25, 0.3) is 0 Å². The second kappa shape index (κ2) is 8.05. The van der Waals surface area contributed by atoms with Crippen LogP contribution in [-0.2, 0) is 16.1 Å². The van der Waals surface area contributed by atoms with Gasteiger partial charge in [0.25, 0.3) is 0 Å². The van der Waals surface area contributed by atoms with Gasteiger partial charge in [-0.2, -0.15) is 0 Å². The monoisotopic (exact) mass is 220 g/mol. The van der Waals surface area contributed by atoms with Gasteiger partial charge in [0.15, 0.2) is 0 Å². The lowest BCUT2D eigenvalue weighted by Gasteiger charge is -2.03. The van der Waals surface area contributed by atoms with Crippen LogP contribution in [-0.4, -0.2) is 12.4 Å². The van der Waals surface area contributed by atoms with Crippen LogP contribution in [0.3, 0.4) is 0 Å². The molecule has 0 aliphatic rings. The predicted octanol–water partition coefficient (Wildman–Crippen LogP) is 3.35. The van der Waals surface area contributed by atoms with Crippen molar-refractivity contribution < 1.29 is 9.53 Å². The van der Waals surface area contributed by atoms with Crippen molar-refractivity contribution in [2.75, 3.05) is 6.61 Å². The van der Waals surface area contributed by atoms with Gasteiger partial charge in [0.1, 0.15) is 5.78 Å². The SMILES string of the molecule is CCCC(=O)CCCOCc1ccccc1. The summed E-state index contributed by atoms with van der Waals surface area (Å²) in [7, 11) is 0. The summed E-state index contributed by atoms with van der Waals surface area (Å²) in [6, 6.07) is 10.1. The van der Waals surface area contributed by atoms with Crippen LogP contribution in [0.15, 0.2) is 30.3 Å². The number of ether oxygens (including phenoxy) is 1. The van der Waals surface area contributed by atoms with Gasteiger partial charge in [0, 0.05) is 19.4 Å². The molecule has 0 aromatic heterocycles. The molecule has 1 aromatic carbocycles. The third kappa shape index (κ3) is 5.66. The molecule has 2 nitrogen and oxygen atoms in total. The zero-order valence-electron chi connectivity index (χ0n) is 9.95. The summed E-state index contributed by atoms with van der Waals surface area (Å²) in [6.45, 7) is 3.34. The smallest absolute Gasteiger partial charge is 0.132 e. The molecular formula is C14H20O2. The van der Waals surface area contributed by atoms with Crippen molar-refractivity contribution >= 4 is 5.78 Å². The lowest BCUT2D eigenvalue weighted by atomic mass is 10.1. The summed E-state index contributed by atoms with van der Waals surface area (Å²) < 4.78 is 5.50. The average Bonchev–Trinajstić information content (AvgIpc) is 2.30. The second-order valence-corrected chi connectivity index (χ2v) is 3.93. The fourth-order valence-corrected chi connectivity index (χ4v) is 1.54. The fourth-order valence-electron chi connectivity index (χ4n) is 1.54. The van der Waals surface area contributed by atoms with E-state index in [1.807, 2.05) is 37.3 Å². The van der Waals surface area contributed by atoms with Gasteiger partial charge in [0.2, 0.25) is 0 Å². The number of ketones is 1. The van der Waals surface area contributed by atoms with E-state index in [0.29, 0.717) is 31.8 Å². The van der Waals surface area contributed by atoms with E-state index in [4.69, 9.17) is 4.74 Å². The molecule has 88 valence electrons. The second-order valence-electron chi connectivity index (χ2n) is 3.93. The number of benzene rings is 1. The van der Waals surface area contributed by atoms with E-state index in [2.05, 4.69) is 0 Å². The molecule has 0 bridgehead atoms. The van der Waals surface area contributed by atoms with Crippen molar-refractivity contribution in [3.8, 4) is 0 Å². The van der Waals surface area contributed by atoms with Crippen LogP contribution in [0.1, 0.15) is 38.2 Å². The predicted molar refractivity (Wildman–Crippen MR) is 65.2 cm³/mol. The fraction of sp³-hybridized carbons (Fsp3) is 0.500. The minimum Gasteiger partial charge on any atom is -0.377 e. The Balaban J connectivity index is 2.02. The Bertz CT molecular complexity index is 293. The Morgan fingerprint density at radius 3 is 2.62 bits per heavy atom.